The lowest BCUT2D eigenvalue weighted by molar-refractivity contribution is -0.113. The van der Waals surface area contributed by atoms with E-state index < -0.39 is 0 Å². The molecule has 0 spiro atoms. The summed E-state index contributed by atoms with van der Waals surface area (Å²) in [4.78, 5) is 12.1. The largest absolute Gasteiger partial charge is 0.293 e. The van der Waals surface area contributed by atoms with Crippen LogP contribution in [0.3, 0.4) is 0 Å². The highest BCUT2D eigenvalue weighted by molar-refractivity contribution is 6.40. The molecule has 118 valence electrons. The number of hydrogen-bond donors (Lipinski definition) is 0. The molecule has 0 aliphatic heterocycles. The SMILES string of the molecule is O=C1CCCCC1=NN(Cc1ccccc1)Cc1ccccc1. The van der Waals surface area contributed by atoms with Crippen LogP contribution in [0.2, 0.25) is 0 Å². The summed E-state index contributed by atoms with van der Waals surface area (Å²) in [5.41, 5.74) is 3.15. The summed E-state index contributed by atoms with van der Waals surface area (Å²) in [6.45, 7) is 1.43. The zero-order valence-corrected chi connectivity index (χ0v) is 13.3. The topological polar surface area (TPSA) is 32.7 Å². The van der Waals surface area contributed by atoms with E-state index in [1.807, 2.05) is 41.4 Å². The number of hydrazone groups is 1. The molecule has 0 aromatic heterocycles. The summed E-state index contributed by atoms with van der Waals surface area (Å²) in [6, 6.07) is 20.6. The molecule has 3 nitrogen and oxygen atoms in total. The molecular formula is C20H22N2O. The van der Waals surface area contributed by atoms with Crippen LogP contribution >= 0.6 is 0 Å². The Balaban J connectivity index is 1.80. The van der Waals surface area contributed by atoms with Gasteiger partial charge >= 0.3 is 0 Å². The molecule has 0 radical (unpaired) electrons. The summed E-state index contributed by atoms with van der Waals surface area (Å²) < 4.78 is 0. The molecule has 0 bridgehead atoms. The van der Waals surface area contributed by atoms with Gasteiger partial charge in [0.2, 0.25) is 0 Å². The summed E-state index contributed by atoms with van der Waals surface area (Å²) >= 11 is 0. The van der Waals surface area contributed by atoms with Crippen LogP contribution in [-0.2, 0) is 17.9 Å². The Morgan fingerprint density at radius 1 is 0.783 bits per heavy atom. The number of ketones is 1. The second kappa shape index (κ2) is 7.73. The summed E-state index contributed by atoms with van der Waals surface area (Å²) in [7, 11) is 0. The lowest BCUT2D eigenvalue weighted by atomic mass is 9.97. The summed E-state index contributed by atoms with van der Waals surface area (Å²) in [6.07, 6.45) is 3.51. The van der Waals surface area contributed by atoms with Crippen LogP contribution in [0.1, 0.15) is 36.8 Å². The predicted molar refractivity (Wildman–Crippen MR) is 93.0 cm³/mol. The molecular weight excluding hydrogens is 284 g/mol. The maximum absolute atomic E-state index is 12.1. The Morgan fingerprint density at radius 3 is 1.83 bits per heavy atom. The molecule has 2 aromatic rings. The molecule has 3 rings (SSSR count). The minimum Gasteiger partial charge on any atom is -0.293 e. The van der Waals surface area contributed by atoms with Crippen molar-refractivity contribution in [3.63, 3.8) is 0 Å². The number of benzene rings is 2. The van der Waals surface area contributed by atoms with E-state index in [1.165, 1.54) is 11.1 Å². The Bertz CT molecular complexity index is 623. The molecule has 0 atom stereocenters. The molecule has 0 heterocycles. The van der Waals surface area contributed by atoms with Gasteiger partial charge in [0.05, 0.1) is 13.1 Å². The third-order valence-corrected chi connectivity index (χ3v) is 4.07. The van der Waals surface area contributed by atoms with Crippen molar-refractivity contribution in [1.29, 1.82) is 0 Å². The van der Waals surface area contributed by atoms with Gasteiger partial charge in [-0.3, -0.25) is 9.80 Å². The van der Waals surface area contributed by atoms with Gasteiger partial charge in [0.15, 0.2) is 5.78 Å². The van der Waals surface area contributed by atoms with Gasteiger partial charge in [-0.2, -0.15) is 5.10 Å². The maximum atomic E-state index is 12.1. The van der Waals surface area contributed by atoms with Crippen molar-refractivity contribution < 1.29 is 4.79 Å². The van der Waals surface area contributed by atoms with Crippen LogP contribution in [0.5, 0.6) is 0 Å². The molecule has 0 unspecified atom stereocenters. The van der Waals surface area contributed by atoms with E-state index in [1.54, 1.807) is 0 Å². The fraction of sp³-hybridized carbons (Fsp3) is 0.300. The van der Waals surface area contributed by atoms with Crippen LogP contribution in [0, 0.1) is 0 Å². The molecule has 0 amide bonds. The second-order valence-electron chi connectivity index (χ2n) is 5.97. The van der Waals surface area contributed by atoms with Crippen LogP contribution in [-0.4, -0.2) is 16.5 Å². The highest BCUT2D eigenvalue weighted by atomic mass is 16.1. The van der Waals surface area contributed by atoms with Crippen LogP contribution in [0.25, 0.3) is 0 Å². The Labute approximate surface area is 137 Å². The first-order chi connectivity index (χ1) is 11.3. The standard InChI is InChI=1S/C20H22N2O/c23-20-14-8-7-13-19(20)21-22(15-17-9-3-1-4-10-17)16-18-11-5-2-6-12-18/h1-6,9-12H,7-8,13-16H2. The number of nitrogens with zero attached hydrogens (tertiary/aromatic N) is 2. The summed E-state index contributed by atoms with van der Waals surface area (Å²) in [5, 5.41) is 6.72. The average Bonchev–Trinajstić information content (AvgIpc) is 2.59. The Kier molecular flexibility index (Phi) is 5.20. The van der Waals surface area contributed by atoms with Gasteiger partial charge in [-0.15, -0.1) is 0 Å². The van der Waals surface area contributed by atoms with Crippen molar-refractivity contribution >= 4 is 11.5 Å². The first-order valence-electron chi connectivity index (χ1n) is 8.25. The third-order valence-electron chi connectivity index (χ3n) is 4.07. The van der Waals surface area contributed by atoms with Crippen LogP contribution in [0.4, 0.5) is 0 Å². The molecule has 1 saturated carbocycles. The normalized spacial score (nSPS) is 16.5. The van der Waals surface area contributed by atoms with Gasteiger partial charge in [0.25, 0.3) is 0 Å². The Hall–Kier alpha value is -2.42. The first kappa shape index (κ1) is 15.5. The van der Waals surface area contributed by atoms with E-state index in [0.717, 1.165) is 25.0 Å². The second-order valence-corrected chi connectivity index (χ2v) is 5.97. The number of Topliss-reactive ketones (excluding diaryl/α,β-unsaturated/α-hetero) is 1. The van der Waals surface area contributed by atoms with Gasteiger partial charge < -0.3 is 0 Å². The van der Waals surface area contributed by atoms with Crippen molar-refractivity contribution in [2.24, 2.45) is 5.10 Å². The predicted octanol–water partition coefficient (Wildman–Crippen LogP) is 4.19. The molecule has 1 aliphatic rings. The van der Waals surface area contributed by atoms with Gasteiger partial charge in [0, 0.05) is 6.42 Å². The van der Waals surface area contributed by atoms with E-state index in [-0.39, 0.29) is 5.78 Å². The quantitative estimate of drug-likeness (QED) is 0.776. The Morgan fingerprint density at radius 2 is 1.30 bits per heavy atom. The van der Waals surface area contributed by atoms with Crippen LogP contribution < -0.4 is 0 Å². The lowest BCUT2D eigenvalue weighted by Crippen LogP contribution is -2.25. The molecule has 23 heavy (non-hydrogen) atoms. The van der Waals surface area contributed by atoms with Gasteiger partial charge in [-0.1, -0.05) is 60.7 Å². The molecule has 1 aliphatic carbocycles. The average molecular weight is 306 g/mol. The number of rotatable bonds is 5. The lowest BCUT2D eigenvalue weighted by Gasteiger charge is -2.22. The highest BCUT2D eigenvalue weighted by Gasteiger charge is 2.18. The molecule has 3 heteroatoms. The van der Waals surface area contributed by atoms with Crippen molar-refractivity contribution in [3.8, 4) is 0 Å². The van der Waals surface area contributed by atoms with E-state index >= 15 is 0 Å². The highest BCUT2D eigenvalue weighted by Crippen LogP contribution is 2.16. The van der Waals surface area contributed by atoms with Crippen molar-refractivity contribution in [2.75, 3.05) is 0 Å². The monoisotopic (exact) mass is 306 g/mol. The number of carbonyl (C=O) groups is 1. The molecule has 0 saturated heterocycles. The van der Waals surface area contributed by atoms with Gasteiger partial charge in [-0.25, -0.2) is 0 Å². The number of hydrogen-bond acceptors (Lipinski definition) is 3. The molecule has 0 N–H and O–H groups in total. The smallest absolute Gasteiger partial charge is 0.178 e. The minimum atomic E-state index is 0.211. The first-order valence-corrected chi connectivity index (χ1v) is 8.25. The molecule has 1 fully saturated rings. The van der Waals surface area contributed by atoms with Crippen molar-refractivity contribution in [1.82, 2.24) is 5.01 Å². The van der Waals surface area contributed by atoms with E-state index in [4.69, 9.17) is 5.10 Å². The van der Waals surface area contributed by atoms with E-state index in [9.17, 15) is 4.79 Å². The van der Waals surface area contributed by atoms with E-state index in [2.05, 4.69) is 24.3 Å². The molecule has 2 aromatic carbocycles. The van der Waals surface area contributed by atoms with E-state index in [0.29, 0.717) is 19.5 Å². The van der Waals surface area contributed by atoms with Gasteiger partial charge in [0.1, 0.15) is 5.71 Å². The van der Waals surface area contributed by atoms with Crippen molar-refractivity contribution in [3.05, 3.63) is 71.8 Å². The minimum absolute atomic E-state index is 0.211. The zero-order chi connectivity index (χ0) is 15.9. The van der Waals surface area contributed by atoms with Gasteiger partial charge in [-0.05, 0) is 30.4 Å². The van der Waals surface area contributed by atoms with Crippen molar-refractivity contribution in [2.45, 2.75) is 38.8 Å². The fourth-order valence-electron chi connectivity index (χ4n) is 2.85. The zero-order valence-electron chi connectivity index (χ0n) is 13.3. The third kappa shape index (κ3) is 4.52. The fourth-order valence-corrected chi connectivity index (χ4v) is 2.85. The number of carbonyl (C=O) groups excluding carboxylic acids is 1. The summed E-state index contributed by atoms with van der Waals surface area (Å²) in [5.74, 6) is 0.211. The maximum Gasteiger partial charge on any atom is 0.178 e. The van der Waals surface area contributed by atoms with Crippen LogP contribution in [0.15, 0.2) is 65.8 Å².